The molecule has 0 aliphatic rings. The monoisotopic (exact) mass is 411 g/mol. The Morgan fingerprint density at radius 3 is 0.958 bits per heavy atom. The molecule has 0 spiro atoms. The summed E-state index contributed by atoms with van der Waals surface area (Å²) >= 11 is 0. The molecule has 0 amide bonds. The lowest BCUT2D eigenvalue weighted by atomic mass is 10.4. The number of alkyl halides is 3. The van der Waals surface area contributed by atoms with Gasteiger partial charge in [0.2, 0.25) is 0 Å². The van der Waals surface area contributed by atoms with Crippen LogP contribution in [0, 0.1) is 0 Å². The number of hydrogen-bond donors (Lipinski definition) is 0. The van der Waals surface area contributed by atoms with E-state index in [1.54, 1.807) is 91.0 Å². The second-order valence-electron chi connectivity index (χ2n) is 5.15. The zero-order chi connectivity index (χ0) is 16.3. The third-order valence-corrected chi connectivity index (χ3v) is 7.79. The summed E-state index contributed by atoms with van der Waals surface area (Å²) in [7, 11) is -3.74. The molecule has 0 aliphatic carbocycles. The lowest BCUT2D eigenvalue weighted by Crippen LogP contribution is -2.40. The number of hydrogen-bond acceptors (Lipinski definition) is 0. The summed E-state index contributed by atoms with van der Waals surface area (Å²) in [6.07, 6.45) is 0. The van der Waals surface area contributed by atoms with Gasteiger partial charge in [0.25, 0.3) is 0 Å². The van der Waals surface area contributed by atoms with Crippen LogP contribution in [0.15, 0.2) is 91.0 Å². The molecule has 0 saturated heterocycles. The van der Waals surface area contributed by atoms with Crippen molar-refractivity contribution in [1.82, 2.24) is 0 Å². The summed E-state index contributed by atoms with van der Waals surface area (Å²) < 4.78 is 43.4. The molecular weight excluding hydrogens is 396 g/mol. The quantitative estimate of drug-likeness (QED) is 0.527. The highest BCUT2D eigenvalue weighted by atomic mass is 79.9. The first-order valence-electron chi connectivity index (χ1n) is 7.19. The minimum absolute atomic E-state index is 0. The second kappa shape index (κ2) is 7.50. The Morgan fingerprint density at radius 2 is 0.750 bits per heavy atom. The van der Waals surface area contributed by atoms with Gasteiger partial charge in [-0.25, -0.2) is 0 Å². The Bertz CT molecular complexity index is 662. The van der Waals surface area contributed by atoms with Crippen molar-refractivity contribution >= 4 is 40.2 Å². The van der Waals surface area contributed by atoms with E-state index in [0.29, 0.717) is 15.9 Å². The summed E-state index contributed by atoms with van der Waals surface area (Å²) in [5.74, 6) is -4.36. The van der Waals surface area contributed by atoms with E-state index in [4.69, 9.17) is 0 Å². The Balaban J connectivity index is 0.00000208. The average Bonchev–Trinajstić information content (AvgIpc) is 2.57. The highest BCUT2D eigenvalue weighted by molar-refractivity contribution is 8.93. The molecule has 0 bridgehead atoms. The second-order valence-corrected chi connectivity index (χ2v) is 8.54. The SMILES string of the molecule is Br.FC(F)(F)[P](c1ccccc1)(c1ccccc1)c1ccccc1. The van der Waals surface area contributed by atoms with Gasteiger partial charge in [0, 0.05) is 0 Å². The molecule has 0 unspecified atom stereocenters. The summed E-state index contributed by atoms with van der Waals surface area (Å²) in [4.78, 5) is 0. The van der Waals surface area contributed by atoms with E-state index >= 15 is 0 Å². The van der Waals surface area contributed by atoms with E-state index in [-0.39, 0.29) is 17.0 Å². The maximum absolute atomic E-state index is 14.5. The Morgan fingerprint density at radius 1 is 0.500 bits per heavy atom. The largest absolute Gasteiger partial charge is 0.413 e. The molecule has 0 N–H and O–H groups in total. The molecule has 0 aromatic heterocycles. The van der Waals surface area contributed by atoms with Crippen LogP contribution in [0.1, 0.15) is 0 Å². The molecule has 24 heavy (non-hydrogen) atoms. The molecule has 1 radical (unpaired) electrons. The van der Waals surface area contributed by atoms with Gasteiger partial charge in [0.05, 0.1) is 7.26 Å². The van der Waals surface area contributed by atoms with Gasteiger partial charge in [0.1, 0.15) is 0 Å². The van der Waals surface area contributed by atoms with Crippen molar-refractivity contribution in [2.75, 3.05) is 0 Å². The lowest BCUT2D eigenvalue weighted by Gasteiger charge is -2.39. The van der Waals surface area contributed by atoms with Crippen molar-refractivity contribution < 1.29 is 13.2 Å². The molecule has 125 valence electrons. The van der Waals surface area contributed by atoms with Gasteiger partial charge in [-0.1, -0.05) is 91.0 Å². The van der Waals surface area contributed by atoms with Crippen molar-refractivity contribution in [3.8, 4) is 0 Å². The molecule has 0 aliphatic heterocycles. The van der Waals surface area contributed by atoms with Crippen LogP contribution in [0.25, 0.3) is 0 Å². The molecule has 0 nitrogen and oxygen atoms in total. The van der Waals surface area contributed by atoms with Crippen LogP contribution in [0.4, 0.5) is 13.2 Å². The standard InChI is InChI=1S/C19H15F3P.BrH/c20-19(21,22)23(16-10-4-1-5-11-16,17-12-6-2-7-13-17)18-14-8-3-9-15-18;/h1-15H;1H. The molecular formula is C19H16BrF3P. The van der Waals surface area contributed by atoms with Crippen LogP contribution in [0.3, 0.4) is 0 Å². The lowest BCUT2D eigenvalue weighted by molar-refractivity contribution is -0.0400. The van der Waals surface area contributed by atoms with E-state index in [9.17, 15) is 13.2 Å². The summed E-state index contributed by atoms with van der Waals surface area (Å²) in [5, 5.41) is 0.972. The molecule has 0 fully saturated rings. The zero-order valence-corrected chi connectivity index (χ0v) is 15.3. The topological polar surface area (TPSA) is 0 Å². The van der Waals surface area contributed by atoms with Crippen molar-refractivity contribution in [2.45, 2.75) is 5.92 Å². The first kappa shape index (κ1) is 18.7. The van der Waals surface area contributed by atoms with Crippen molar-refractivity contribution in [2.24, 2.45) is 0 Å². The highest BCUT2D eigenvalue weighted by Crippen LogP contribution is 2.67. The van der Waals surface area contributed by atoms with Crippen molar-refractivity contribution in [3.05, 3.63) is 91.0 Å². The number of halogens is 4. The van der Waals surface area contributed by atoms with Gasteiger partial charge in [-0.05, 0) is 15.9 Å². The van der Waals surface area contributed by atoms with E-state index in [2.05, 4.69) is 0 Å². The van der Waals surface area contributed by atoms with Crippen LogP contribution in [-0.4, -0.2) is 5.92 Å². The highest BCUT2D eigenvalue weighted by Gasteiger charge is 2.56. The normalized spacial score (nSPS) is 11.6. The van der Waals surface area contributed by atoms with Gasteiger partial charge in [0.15, 0.2) is 0 Å². The minimum Gasteiger partial charge on any atom is -0.166 e. The smallest absolute Gasteiger partial charge is 0.166 e. The van der Waals surface area contributed by atoms with Crippen LogP contribution in [-0.2, 0) is 0 Å². The van der Waals surface area contributed by atoms with Crippen LogP contribution >= 0.6 is 24.2 Å². The number of benzene rings is 3. The van der Waals surface area contributed by atoms with E-state index in [1.165, 1.54) is 0 Å². The van der Waals surface area contributed by atoms with Crippen molar-refractivity contribution in [3.63, 3.8) is 0 Å². The van der Waals surface area contributed by atoms with Crippen LogP contribution in [0.2, 0.25) is 0 Å². The summed E-state index contributed by atoms with van der Waals surface area (Å²) in [6, 6.07) is 24.7. The maximum Gasteiger partial charge on any atom is 0.413 e. The molecule has 3 rings (SSSR count). The Labute approximate surface area is 150 Å². The predicted octanol–water partition coefficient (Wildman–Crippen LogP) is 5.08. The molecule has 0 atom stereocenters. The van der Waals surface area contributed by atoms with Gasteiger partial charge >= 0.3 is 5.92 Å². The van der Waals surface area contributed by atoms with E-state index in [0.717, 1.165) is 0 Å². The maximum atomic E-state index is 14.5. The summed E-state index contributed by atoms with van der Waals surface area (Å²) in [5.41, 5.74) is 0. The Hall–Kier alpha value is -1.64. The first-order valence-corrected chi connectivity index (χ1v) is 8.98. The fourth-order valence-electron chi connectivity index (χ4n) is 2.84. The molecule has 0 heterocycles. The van der Waals surface area contributed by atoms with E-state index < -0.39 is 13.2 Å². The number of rotatable bonds is 3. The third kappa shape index (κ3) is 3.13. The van der Waals surface area contributed by atoms with Gasteiger partial charge in [-0.3, -0.25) is 0 Å². The Kier molecular flexibility index (Phi) is 5.84. The predicted molar refractivity (Wildman–Crippen MR) is 102 cm³/mol. The minimum atomic E-state index is -4.36. The third-order valence-electron chi connectivity index (χ3n) is 3.81. The van der Waals surface area contributed by atoms with Crippen molar-refractivity contribution in [1.29, 1.82) is 0 Å². The van der Waals surface area contributed by atoms with Gasteiger partial charge in [-0.15, -0.1) is 17.0 Å². The molecule has 3 aromatic rings. The fourth-order valence-corrected chi connectivity index (χ4v) is 6.47. The van der Waals surface area contributed by atoms with Gasteiger partial charge in [-0.2, -0.15) is 13.2 Å². The summed E-state index contributed by atoms with van der Waals surface area (Å²) in [6.45, 7) is 0. The van der Waals surface area contributed by atoms with Crippen LogP contribution in [0.5, 0.6) is 0 Å². The fraction of sp³-hybridized carbons (Fsp3) is 0.0526. The van der Waals surface area contributed by atoms with Gasteiger partial charge < -0.3 is 0 Å². The molecule has 5 heteroatoms. The first-order chi connectivity index (χ1) is 11.1. The zero-order valence-electron chi connectivity index (χ0n) is 12.6. The molecule has 0 saturated carbocycles. The van der Waals surface area contributed by atoms with Crippen LogP contribution < -0.4 is 15.9 Å². The molecule has 3 aromatic carbocycles. The van der Waals surface area contributed by atoms with E-state index in [1.807, 2.05) is 0 Å². The average molecular weight is 412 g/mol.